The van der Waals surface area contributed by atoms with E-state index < -0.39 is 11.2 Å². The van der Waals surface area contributed by atoms with E-state index in [0.29, 0.717) is 15.7 Å². The summed E-state index contributed by atoms with van der Waals surface area (Å²) in [6.07, 6.45) is 0. The molecule has 8 nitrogen and oxygen atoms in total. The summed E-state index contributed by atoms with van der Waals surface area (Å²) in [6, 6.07) is 1.58. The molecule has 0 aliphatic heterocycles. The number of nitrogens with zero attached hydrogens (tertiary/aromatic N) is 4. The third kappa shape index (κ3) is 3.14. The normalized spacial score (nSPS) is 12.1. The number of carbonyl (C=O) groups excluding carboxylic acids is 2. The van der Waals surface area contributed by atoms with Gasteiger partial charge in [0.25, 0.3) is 5.91 Å². The summed E-state index contributed by atoms with van der Waals surface area (Å²) in [4.78, 5) is 23.2. The second-order valence-corrected chi connectivity index (χ2v) is 6.09. The lowest BCUT2D eigenvalue weighted by Gasteiger charge is -2.10. The molecule has 2 aromatic heterocycles. The number of amides is 2. The molecular formula is C10H12N6O2S2. The van der Waals surface area contributed by atoms with E-state index in [-0.39, 0.29) is 5.91 Å². The van der Waals surface area contributed by atoms with Crippen LogP contribution in [0.3, 0.4) is 0 Å². The van der Waals surface area contributed by atoms with Crippen molar-refractivity contribution in [1.82, 2.24) is 20.2 Å². The number of tetrazole rings is 1. The number of hydrogen-bond donors (Lipinski definition) is 2. The predicted octanol–water partition coefficient (Wildman–Crippen LogP) is 0.490. The van der Waals surface area contributed by atoms with Crippen LogP contribution in [0.25, 0.3) is 0 Å². The fourth-order valence-corrected chi connectivity index (χ4v) is 2.90. The topological polar surface area (TPSA) is 116 Å². The van der Waals surface area contributed by atoms with Gasteiger partial charge in [-0.05, 0) is 28.8 Å². The van der Waals surface area contributed by atoms with Gasteiger partial charge in [0.05, 0.1) is 10.8 Å². The highest BCUT2D eigenvalue weighted by molar-refractivity contribution is 8.00. The fourth-order valence-electron chi connectivity index (χ4n) is 1.35. The van der Waals surface area contributed by atoms with Crippen LogP contribution in [0.15, 0.2) is 16.6 Å². The quantitative estimate of drug-likeness (QED) is 0.776. The van der Waals surface area contributed by atoms with Crippen molar-refractivity contribution in [3.05, 3.63) is 17.0 Å². The Morgan fingerprint density at radius 1 is 1.55 bits per heavy atom. The summed E-state index contributed by atoms with van der Waals surface area (Å²) < 4.78 is 1.48. The molecule has 106 valence electrons. The van der Waals surface area contributed by atoms with E-state index in [2.05, 4.69) is 20.8 Å². The number of thiophene rings is 1. The largest absolute Gasteiger partial charge is 0.366 e. The number of thioether (sulfide) groups is 1. The Bertz CT molecular complexity index is 637. The minimum absolute atomic E-state index is 0.247. The van der Waals surface area contributed by atoms with Crippen LogP contribution in [0.1, 0.15) is 17.3 Å². The first-order valence-electron chi connectivity index (χ1n) is 5.56. The Balaban J connectivity index is 2.03. The van der Waals surface area contributed by atoms with E-state index in [4.69, 9.17) is 5.73 Å². The van der Waals surface area contributed by atoms with E-state index in [1.807, 2.05) is 0 Å². The van der Waals surface area contributed by atoms with Crippen molar-refractivity contribution in [2.45, 2.75) is 17.3 Å². The Hall–Kier alpha value is -1.94. The molecule has 0 bridgehead atoms. The summed E-state index contributed by atoms with van der Waals surface area (Å²) in [5.74, 6) is -0.817. The molecule has 0 unspecified atom stereocenters. The van der Waals surface area contributed by atoms with Gasteiger partial charge in [-0.1, -0.05) is 11.8 Å². The van der Waals surface area contributed by atoms with Gasteiger partial charge in [-0.25, -0.2) is 4.68 Å². The second kappa shape index (κ2) is 6.01. The van der Waals surface area contributed by atoms with Crippen molar-refractivity contribution in [2.24, 2.45) is 12.8 Å². The highest BCUT2D eigenvalue weighted by atomic mass is 32.2. The second-order valence-electron chi connectivity index (χ2n) is 3.86. The van der Waals surface area contributed by atoms with Gasteiger partial charge in [0.2, 0.25) is 11.1 Å². The molecule has 10 heteroatoms. The number of anilines is 1. The number of hydrogen-bond acceptors (Lipinski definition) is 7. The molecule has 0 spiro atoms. The highest BCUT2D eigenvalue weighted by Crippen LogP contribution is 2.25. The Morgan fingerprint density at radius 2 is 2.30 bits per heavy atom. The first kappa shape index (κ1) is 14.5. The third-order valence-electron chi connectivity index (χ3n) is 2.40. The SMILES string of the molecule is C[C@H](Sc1nnnn1C)C(=O)Nc1sccc1C(N)=O. The first-order valence-corrected chi connectivity index (χ1v) is 7.32. The maximum Gasteiger partial charge on any atom is 0.251 e. The molecule has 2 amide bonds. The molecule has 0 saturated heterocycles. The summed E-state index contributed by atoms with van der Waals surface area (Å²) in [5.41, 5.74) is 5.53. The van der Waals surface area contributed by atoms with Crippen LogP contribution in [0, 0.1) is 0 Å². The molecule has 20 heavy (non-hydrogen) atoms. The molecule has 0 aromatic carbocycles. The molecule has 1 atom stereocenters. The van der Waals surface area contributed by atoms with Crippen molar-refractivity contribution in [1.29, 1.82) is 0 Å². The molecule has 2 rings (SSSR count). The molecule has 0 radical (unpaired) electrons. The molecule has 2 heterocycles. The molecule has 0 saturated carbocycles. The van der Waals surface area contributed by atoms with Gasteiger partial charge in [-0.3, -0.25) is 9.59 Å². The number of primary amides is 1. The minimum atomic E-state index is -0.570. The number of aromatic nitrogens is 4. The van der Waals surface area contributed by atoms with E-state index >= 15 is 0 Å². The van der Waals surface area contributed by atoms with Crippen LogP contribution in [0.5, 0.6) is 0 Å². The summed E-state index contributed by atoms with van der Waals surface area (Å²) in [6.45, 7) is 1.73. The number of nitrogens with two attached hydrogens (primary N) is 1. The molecule has 3 N–H and O–H groups in total. The zero-order chi connectivity index (χ0) is 14.7. The number of nitrogens with one attached hydrogen (secondary N) is 1. The Labute approximate surface area is 122 Å². The summed E-state index contributed by atoms with van der Waals surface area (Å²) in [7, 11) is 1.69. The van der Waals surface area contributed by atoms with Crippen molar-refractivity contribution in [3.63, 3.8) is 0 Å². The number of aryl methyl sites for hydroxylation is 1. The van der Waals surface area contributed by atoms with Crippen LogP contribution in [-0.2, 0) is 11.8 Å². The lowest BCUT2D eigenvalue weighted by atomic mass is 10.3. The van der Waals surface area contributed by atoms with E-state index in [0.717, 1.165) is 0 Å². The molecule has 0 fully saturated rings. The van der Waals surface area contributed by atoms with Crippen LogP contribution in [0.4, 0.5) is 5.00 Å². The minimum Gasteiger partial charge on any atom is -0.366 e. The molecule has 0 aliphatic carbocycles. The zero-order valence-electron chi connectivity index (χ0n) is 10.7. The van der Waals surface area contributed by atoms with Gasteiger partial charge in [-0.15, -0.1) is 16.4 Å². The Kier molecular flexibility index (Phi) is 4.35. The number of carbonyl (C=O) groups is 2. The summed E-state index contributed by atoms with van der Waals surface area (Å²) >= 11 is 2.47. The monoisotopic (exact) mass is 312 g/mol. The van der Waals surface area contributed by atoms with Gasteiger partial charge in [0.15, 0.2) is 0 Å². The van der Waals surface area contributed by atoms with E-state index in [1.165, 1.54) is 27.8 Å². The maximum absolute atomic E-state index is 12.1. The summed E-state index contributed by atoms with van der Waals surface area (Å²) in [5, 5.41) is 15.9. The van der Waals surface area contributed by atoms with E-state index in [1.54, 1.807) is 25.4 Å². The van der Waals surface area contributed by atoms with Gasteiger partial charge in [-0.2, -0.15) is 0 Å². The van der Waals surface area contributed by atoms with Crippen molar-refractivity contribution < 1.29 is 9.59 Å². The lowest BCUT2D eigenvalue weighted by molar-refractivity contribution is -0.115. The molecule has 0 aliphatic rings. The maximum atomic E-state index is 12.1. The predicted molar refractivity (Wildman–Crippen MR) is 75.6 cm³/mol. The fraction of sp³-hybridized carbons (Fsp3) is 0.300. The molecular weight excluding hydrogens is 300 g/mol. The standard InChI is InChI=1S/C10H12N6O2S2/c1-5(20-10-13-14-15-16(10)2)8(18)12-9-6(7(11)17)3-4-19-9/h3-5H,1-2H3,(H2,11,17)(H,12,18)/t5-/m0/s1. The van der Waals surface area contributed by atoms with Crippen LogP contribution in [0.2, 0.25) is 0 Å². The zero-order valence-corrected chi connectivity index (χ0v) is 12.4. The van der Waals surface area contributed by atoms with Crippen molar-refractivity contribution >= 4 is 39.9 Å². The third-order valence-corrected chi connectivity index (χ3v) is 4.35. The van der Waals surface area contributed by atoms with Crippen LogP contribution < -0.4 is 11.1 Å². The van der Waals surface area contributed by atoms with Crippen molar-refractivity contribution in [3.8, 4) is 0 Å². The van der Waals surface area contributed by atoms with Crippen molar-refractivity contribution in [2.75, 3.05) is 5.32 Å². The van der Waals surface area contributed by atoms with E-state index in [9.17, 15) is 9.59 Å². The lowest BCUT2D eigenvalue weighted by Crippen LogP contribution is -2.24. The first-order chi connectivity index (χ1) is 9.49. The van der Waals surface area contributed by atoms with Gasteiger partial charge >= 0.3 is 0 Å². The number of rotatable bonds is 5. The average molecular weight is 312 g/mol. The molecule has 2 aromatic rings. The highest BCUT2D eigenvalue weighted by Gasteiger charge is 2.20. The van der Waals surface area contributed by atoms with Gasteiger partial charge in [0.1, 0.15) is 5.00 Å². The average Bonchev–Trinajstić information content (AvgIpc) is 2.99. The van der Waals surface area contributed by atoms with Gasteiger partial charge in [0, 0.05) is 7.05 Å². The van der Waals surface area contributed by atoms with Crippen LogP contribution >= 0.6 is 23.1 Å². The van der Waals surface area contributed by atoms with Crippen LogP contribution in [-0.4, -0.2) is 37.3 Å². The Morgan fingerprint density at radius 3 is 2.90 bits per heavy atom. The smallest absolute Gasteiger partial charge is 0.251 e. The van der Waals surface area contributed by atoms with Gasteiger partial charge < -0.3 is 11.1 Å².